The Bertz CT molecular complexity index is 484. The maximum absolute atomic E-state index is 9.03. The van der Waals surface area contributed by atoms with Crippen molar-refractivity contribution in [1.29, 1.82) is 5.26 Å². The van der Waals surface area contributed by atoms with Crippen LogP contribution in [0.25, 0.3) is 0 Å². The molecule has 0 bridgehead atoms. The van der Waals surface area contributed by atoms with E-state index < -0.39 is 0 Å². The van der Waals surface area contributed by atoms with Crippen LogP contribution in [0, 0.1) is 23.2 Å². The predicted octanol–water partition coefficient (Wildman–Crippen LogP) is 6.19. The van der Waals surface area contributed by atoms with Crippen molar-refractivity contribution in [3.63, 3.8) is 0 Å². The van der Waals surface area contributed by atoms with Crippen LogP contribution in [0.15, 0.2) is 24.3 Å². The summed E-state index contributed by atoms with van der Waals surface area (Å²) in [6, 6.07) is 10.8. The molecule has 0 spiro atoms. The largest absolute Gasteiger partial charge is 0.192 e. The van der Waals surface area contributed by atoms with E-state index in [2.05, 4.69) is 18.2 Å². The molecule has 0 heterocycles. The summed E-state index contributed by atoms with van der Waals surface area (Å²) in [6.45, 7) is 0. The molecule has 0 aliphatic heterocycles. The number of hydrogen-bond acceptors (Lipinski definition) is 1. The molecular formula is C21H29N. The zero-order valence-electron chi connectivity index (χ0n) is 13.8. The molecule has 0 radical (unpaired) electrons. The summed E-state index contributed by atoms with van der Waals surface area (Å²) in [5.74, 6) is 2.55. The number of benzene rings is 1. The Kier molecular flexibility index (Phi) is 5.54. The van der Waals surface area contributed by atoms with Gasteiger partial charge < -0.3 is 0 Å². The van der Waals surface area contributed by atoms with Gasteiger partial charge in [0.1, 0.15) is 0 Å². The first-order valence-electron chi connectivity index (χ1n) is 9.37. The smallest absolute Gasteiger partial charge is 0.0991 e. The minimum absolute atomic E-state index is 0.733. The molecule has 1 unspecified atom stereocenters. The van der Waals surface area contributed by atoms with E-state index in [1.54, 1.807) is 0 Å². The minimum atomic E-state index is 0.733. The van der Waals surface area contributed by atoms with Crippen molar-refractivity contribution in [3.8, 4) is 6.07 Å². The molecule has 2 saturated carbocycles. The Labute approximate surface area is 135 Å². The fourth-order valence-electron chi connectivity index (χ4n) is 4.72. The van der Waals surface area contributed by atoms with E-state index in [-0.39, 0.29) is 0 Å². The van der Waals surface area contributed by atoms with Crippen LogP contribution in [-0.2, 0) is 0 Å². The standard InChI is InChI=1S/C21H29N/c22-16-18-11-13-20(14-12-18)21(19-9-5-2-6-10-19)15-17-7-3-1-4-8-17/h11-14,17,19,21H,1-10,15H2. The van der Waals surface area contributed by atoms with Crippen molar-refractivity contribution in [2.24, 2.45) is 11.8 Å². The maximum Gasteiger partial charge on any atom is 0.0991 e. The molecule has 0 saturated heterocycles. The highest BCUT2D eigenvalue weighted by atomic mass is 14.3. The quantitative estimate of drug-likeness (QED) is 0.649. The first kappa shape index (κ1) is 15.6. The van der Waals surface area contributed by atoms with Crippen LogP contribution in [0.4, 0.5) is 0 Å². The highest BCUT2D eigenvalue weighted by molar-refractivity contribution is 5.33. The second-order valence-corrected chi connectivity index (χ2v) is 7.48. The average Bonchev–Trinajstić information content (AvgIpc) is 2.61. The van der Waals surface area contributed by atoms with Crippen molar-refractivity contribution in [2.75, 3.05) is 0 Å². The third kappa shape index (κ3) is 3.92. The number of hydrogen-bond donors (Lipinski definition) is 0. The average molecular weight is 295 g/mol. The first-order chi connectivity index (χ1) is 10.9. The van der Waals surface area contributed by atoms with Gasteiger partial charge in [-0.2, -0.15) is 5.26 Å². The van der Waals surface area contributed by atoms with E-state index in [0.29, 0.717) is 0 Å². The second-order valence-electron chi connectivity index (χ2n) is 7.48. The van der Waals surface area contributed by atoms with E-state index in [4.69, 9.17) is 5.26 Å². The van der Waals surface area contributed by atoms with E-state index >= 15 is 0 Å². The van der Waals surface area contributed by atoms with Crippen LogP contribution in [0.5, 0.6) is 0 Å². The SMILES string of the molecule is N#Cc1ccc(C(CC2CCCCC2)C2CCCCC2)cc1. The van der Waals surface area contributed by atoms with Gasteiger partial charge >= 0.3 is 0 Å². The summed E-state index contributed by atoms with van der Waals surface area (Å²) in [4.78, 5) is 0. The number of nitriles is 1. The zero-order valence-corrected chi connectivity index (χ0v) is 13.8. The molecule has 1 aromatic carbocycles. The maximum atomic E-state index is 9.03. The van der Waals surface area contributed by atoms with Gasteiger partial charge in [-0.3, -0.25) is 0 Å². The van der Waals surface area contributed by atoms with Crippen LogP contribution >= 0.6 is 0 Å². The lowest BCUT2D eigenvalue weighted by Gasteiger charge is -2.34. The van der Waals surface area contributed by atoms with Gasteiger partial charge in [-0.05, 0) is 54.7 Å². The Morgan fingerprint density at radius 1 is 0.864 bits per heavy atom. The Hall–Kier alpha value is -1.29. The normalized spacial score (nSPS) is 22.1. The molecule has 2 aliphatic rings. The van der Waals surface area contributed by atoms with Crippen LogP contribution in [0.3, 0.4) is 0 Å². The highest BCUT2D eigenvalue weighted by Gasteiger charge is 2.28. The summed E-state index contributed by atoms with van der Waals surface area (Å²) in [5, 5.41) is 9.03. The molecule has 118 valence electrons. The highest BCUT2D eigenvalue weighted by Crippen LogP contribution is 2.42. The summed E-state index contributed by atoms with van der Waals surface area (Å²) >= 11 is 0. The predicted molar refractivity (Wildman–Crippen MR) is 91.7 cm³/mol. The summed E-state index contributed by atoms with van der Waals surface area (Å²) in [7, 11) is 0. The summed E-state index contributed by atoms with van der Waals surface area (Å²) in [6.07, 6.45) is 15.7. The lowest BCUT2D eigenvalue weighted by Crippen LogP contribution is -2.20. The van der Waals surface area contributed by atoms with Crippen molar-refractivity contribution in [2.45, 2.75) is 76.5 Å². The molecular weight excluding hydrogens is 266 g/mol. The molecule has 0 amide bonds. The van der Waals surface area contributed by atoms with Gasteiger partial charge in [0.2, 0.25) is 0 Å². The van der Waals surface area contributed by atoms with E-state index in [1.165, 1.54) is 76.2 Å². The van der Waals surface area contributed by atoms with Crippen LogP contribution in [0.2, 0.25) is 0 Å². The van der Waals surface area contributed by atoms with Crippen molar-refractivity contribution in [1.82, 2.24) is 0 Å². The summed E-state index contributed by atoms with van der Waals surface area (Å²) < 4.78 is 0. The van der Waals surface area contributed by atoms with E-state index in [0.717, 1.165) is 23.3 Å². The molecule has 1 nitrogen and oxygen atoms in total. The van der Waals surface area contributed by atoms with Crippen LogP contribution in [0.1, 0.15) is 87.7 Å². The van der Waals surface area contributed by atoms with Gasteiger partial charge in [0.15, 0.2) is 0 Å². The van der Waals surface area contributed by atoms with Gasteiger partial charge in [0.25, 0.3) is 0 Å². The Morgan fingerprint density at radius 3 is 2.05 bits per heavy atom. The van der Waals surface area contributed by atoms with Crippen molar-refractivity contribution in [3.05, 3.63) is 35.4 Å². The van der Waals surface area contributed by atoms with Gasteiger partial charge in [-0.1, -0.05) is 63.5 Å². The number of rotatable bonds is 4. The second kappa shape index (κ2) is 7.82. The molecule has 1 aromatic rings. The van der Waals surface area contributed by atoms with Gasteiger partial charge in [-0.15, -0.1) is 0 Å². The number of nitrogens with zero attached hydrogens (tertiary/aromatic N) is 1. The molecule has 1 heteroatoms. The zero-order chi connectivity index (χ0) is 15.2. The fraction of sp³-hybridized carbons (Fsp3) is 0.667. The van der Waals surface area contributed by atoms with E-state index in [1.807, 2.05) is 12.1 Å². The third-order valence-corrected chi connectivity index (χ3v) is 6.00. The molecule has 2 aliphatic carbocycles. The minimum Gasteiger partial charge on any atom is -0.192 e. The fourth-order valence-corrected chi connectivity index (χ4v) is 4.72. The third-order valence-electron chi connectivity index (χ3n) is 6.00. The molecule has 1 atom stereocenters. The van der Waals surface area contributed by atoms with Crippen LogP contribution in [-0.4, -0.2) is 0 Å². The van der Waals surface area contributed by atoms with E-state index in [9.17, 15) is 0 Å². The lowest BCUT2D eigenvalue weighted by molar-refractivity contribution is 0.240. The van der Waals surface area contributed by atoms with Crippen molar-refractivity contribution < 1.29 is 0 Å². The molecule has 3 rings (SSSR count). The topological polar surface area (TPSA) is 23.8 Å². The molecule has 2 fully saturated rings. The van der Waals surface area contributed by atoms with Crippen LogP contribution < -0.4 is 0 Å². The van der Waals surface area contributed by atoms with Gasteiger partial charge in [-0.25, -0.2) is 0 Å². The van der Waals surface area contributed by atoms with Crippen molar-refractivity contribution >= 4 is 0 Å². The Morgan fingerprint density at radius 2 is 1.45 bits per heavy atom. The first-order valence-corrected chi connectivity index (χ1v) is 9.37. The Balaban J connectivity index is 1.75. The molecule has 0 N–H and O–H groups in total. The molecule has 22 heavy (non-hydrogen) atoms. The lowest BCUT2D eigenvalue weighted by atomic mass is 9.71. The monoisotopic (exact) mass is 295 g/mol. The van der Waals surface area contributed by atoms with Gasteiger partial charge in [0.05, 0.1) is 11.6 Å². The summed E-state index contributed by atoms with van der Waals surface area (Å²) in [5.41, 5.74) is 2.29. The van der Waals surface area contributed by atoms with Gasteiger partial charge in [0, 0.05) is 0 Å². The molecule has 0 aromatic heterocycles.